The third-order valence-electron chi connectivity index (χ3n) is 2.52. The van der Waals surface area contributed by atoms with Crippen LogP contribution in [-0.4, -0.2) is 12.5 Å². The highest BCUT2D eigenvalue weighted by Gasteiger charge is 2.04. The Kier molecular flexibility index (Phi) is 4.99. The van der Waals surface area contributed by atoms with Gasteiger partial charge in [0.05, 0.1) is 6.61 Å². The van der Waals surface area contributed by atoms with Gasteiger partial charge in [0.2, 0.25) is 0 Å². The van der Waals surface area contributed by atoms with Crippen molar-refractivity contribution in [1.29, 1.82) is 0 Å². The molecule has 0 amide bonds. The molecule has 0 saturated heterocycles. The number of oxime groups is 1. The smallest absolute Gasteiger partial charge is 0.257 e. The molecule has 2 aromatic rings. The fourth-order valence-corrected chi connectivity index (χ4v) is 1.62. The molecule has 98 valence electrons. The predicted octanol–water partition coefficient (Wildman–Crippen LogP) is 3.60. The highest BCUT2D eigenvalue weighted by molar-refractivity contribution is 5.93. The van der Waals surface area contributed by atoms with Gasteiger partial charge in [0, 0.05) is 5.56 Å². The zero-order chi connectivity index (χ0) is 13.3. The first-order valence-electron chi connectivity index (χ1n) is 6.32. The highest BCUT2D eigenvalue weighted by Crippen LogP contribution is 2.05. The van der Waals surface area contributed by atoms with E-state index in [9.17, 15) is 0 Å². The largest absolute Gasteiger partial charge is 0.475 e. The van der Waals surface area contributed by atoms with Gasteiger partial charge in [-0.2, -0.15) is 0 Å². The van der Waals surface area contributed by atoms with Gasteiger partial charge in [0.25, 0.3) is 5.90 Å². The molecule has 19 heavy (non-hydrogen) atoms. The second-order valence-electron chi connectivity index (χ2n) is 3.95. The Hall–Kier alpha value is -2.29. The lowest BCUT2D eigenvalue weighted by atomic mass is 10.2. The molecule has 0 spiro atoms. The van der Waals surface area contributed by atoms with Crippen LogP contribution in [0.25, 0.3) is 0 Å². The summed E-state index contributed by atoms with van der Waals surface area (Å²) in [7, 11) is 0. The Balaban J connectivity index is 2.01. The second-order valence-corrected chi connectivity index (χ2v) is 3.95. The van der Waals surface area contributed by atoms with E-state index in [0.29, 0.717) is 19.1 Å². The maximum absolute atomic E-state index is 5.49. The summed E-state index contributed by atoms with van der Waals surface area (Å²) in [5.74, 6) is 0.513. The van der Waals surface area contributed by atoms with Crippen LogP contribution >= 0.6 is 0 Å². The summed E-state index contributed by atoms with van der Waals surface area (Å²) in [6, 6.07) is 19.7. The summed E-state index contributed by atoms with van der Waals surface area (Å²) in [5.41, 5.74) is 1.99. The van der Waals surface area contributed by atoms with Crippen LogP contribution in [0.2, 0.25) is 0 Å². The molecule has 0 saturated carbocycles. The van der Waals surface area contributed by atoms with E-state index in [1.165, 1.54) is 0 Å². The summed E-state index contributed by atoms with van der Waals surface area (Å²) in [5, 5.41) is 4.07. The van der Waals surface area contributed by atoms with Gasteiger partial charge < -0.3 is 9.57 Å². The van der Waals surface area contributed by atoms with Crippen LogP contribution < -0.4 is 0 Å². The van der Waals surface area contributed by atoms with Gasteiger partial charge >= 0.3 is 0 Å². The van der Waals surface area contributed by atoms with E-state index in [1.54, 1.807) is 0 Å². The number of hydrogen-bond acceptors (Lipinski definition) is 3. The Morgan fingerprint density at radius 2 is 1.58 bits per heavy atom. The van der Waals surface area contributed by atoms with Crippen LogP contribution in [0.5, 0.6) is 0 Å². The molecular weight excluding hydrogens is 238 g/mol. The molecule has 0 radical (unpaired) electrons. The molecule has 3 nitrogen and oxygen atoms in total. The van der Waals surface area contributed by atoms with E-state index in [2.05, 4.69) is 5.16 Å². The Morgan fingerprint density at radius 1 is 0.947 bits per heavy atom. The van der Waals surface area contributed by atoms with E-state index in [1.807, 2.05) is 67.6 Å². The van der Waals surface area contributed by atoms with Crippen molar-refractivity contribution in [3.63, 3.8) is 0 Å². The molecule has 0 aromatic heterocycles. The summed E-state index contributed by atoms with van der Waals surface area (Å²) >= 11 is 0. The Morgan fingerprint density at radius 3 is 2.21 bits per heavy atom. The van der Waals surface area contributed by atoms with E-state index in [-0.39, 0.29) is 0 Å². The average Bonchev–Trinajstić information content (AvgIpc) is 2.48. The minimum Gasteiger partial charge on any atom is -0.475 e. The molecule has 0 fully saturated rings. The number of nitrogens with zero attached hydrogens (tertiary/aromatic N) is 1. The molecule has 0 unspecified atom stereocenters. The van der Waals surface area contributed by atoms with Crippen molar-refractivity contribution >= 4 is 5.90 Å². The quantitative estimate of drug-likeness (QED) is 0.464. The van der Waals surface area contributed by atoms with Crippen LogP contribution in [0, 0.1) is 0 Å². The van der Waals surface area contributed by atoms with Crippen molar-refractivity contribution in [3.05, 3.63) is 71.8 Å². The fourth-order valence-electron chi connectivity index (χ4n) is 1.62. The maximum atomic E-state index is 5.49. The van der Waals surface area contributed by atoms with Crippen molar-refractivity contribution in [2.45, 2.75) is 13.5 Å². The van der Waals surface area contributed by atoms with Crippen molar-refractivity contribution in [2.75, 3.05) is 6.61 Å². The third kappa shape index (κ3) is 4.14. The van der Waals surface area contributed by atoms with E-state index < -0.39 is 0 Å². The molecule has 3 heteroatoms. The minimum absolute atomic E-state index is 0.435. The van der Waals surface area contributed by atoms with Gasteiger partial charge in [-0.15, -0.1) is 0 Å². The standard InChI is InChI=1S/C16H17NO2/c1-2-18-16(15-11-7-4-8-12-15)17-19-13-14-9-5-3-6-10-14/h3-12H,2,13H2,1H3/b17-16+. The monoisotopic (exact) mass is 255 g/mol. The maximum Gasteiger partial charge on any atom is 0.257 e. The van der Waals surface area contributed by atoms with Gasteiger partial charge in [-0.05, 0) is 29.8 Å². The first-order valence-corrected chi connectivity index (χ1v) is 6.32. The molecule has 0 N–H and O–H groups in total. The van der Waals surface area contributed by atoms with Crippen molar-refractivity contribution in [2.24, 2.45) is 5.16 Å². The molecule has 0 aliphatic heterocycles. The molecule has 0 bridgehead atoms. The van der Waals surface area contributed by atoms with Crippen LogP contribution in [0.3, 0.4) is 0 Å². The number of benzene rings is 2. The normalized spacial score (nSPS) is 11.1. The second kappa shape index (κ2) is 7.21. The van der Waals surface area contributed by atoms with Crippen LogP contribution in [0.4, 0.5) is 0 Å². The van der Waals surface area contributed by atoms with E-state index in [0.717, 1.165) is 11.1 Å². The lowest BCUT2D eigenvalue weighted by Gasteiger charge is -2.07. The third-order valence-corrected chi connectivity index (χ3v) is 2.52. The predicted molar refractivity (Wildman–Crippen MR) is 75.8 cm³/mol. The van der Waals surface area contributed by atoms with Crippen molar-refractivity contribution in [3.8, 4) is 0 Å². The van der Waals surface area contributed by atoms with Gasteiger partial charge in [0.15, 0.2) is 0 Å². The van der Waals surface area contributed by atoms with Gasteiger partial charge in [-0.25, -0.2) is 0 Å². The summed E-state index contributed by atoms with van der Waals surface area (Å²) in [6.45, 7) is 2.92. The first-order chi connectivity index (χ1) is 9.40. The Labute approximate surface area is 113 Å². The highest BCUT2D eigenvalue weighted by atomic mass is 16.6. The van der Waals surface area contributed by atoms with Crippen molar-refractivity contribution < 1.29 is 9.57 Å². The lowest BCUT2D eigenvalue weighted by molar-refractivity contribution is 0.120. The minimum atomic E-state index is 0.435. The van der Waals surface area contributed by atoms with E-state index in [4.69, 9.17) is 9.57 Å². The lowest BCUT2D eigenvalue weighted by Crippen LogP contribution is -2.07. The molecule has 0 heterocycles. The number of rotatable bonds is 5. The molecule has 0 atom stereocenters. The Bertz CT molecular complexity index is 509. The number of hydrogen-bond donors (Lipinski definition) is 0. The number of ether oxygens (including phenoxy) is 1. The molecule has 0 aliphatic carbocycles. The molecular formula is C16H17NO2. The zero-order valence-electron chi connectivity index (χ0n) is 11.0. The zero-order valence-corrected chi connectivity index (χ0v) is 11.0. The van der Waals surface area contributed by atoms with E-state index >= 15 is 0 Å². The summed E-state index contributed by atoms with van der Waals surface area (Å²) in [4.78, 5) is 5.35. The molecule has 0 aliphatic rings. The first kappa shape index (κ1) is 13.1. The van der Waals surface area contributed by atoms with Gasteiger partial charge in [-0.1, -0.05) is 48.5 Å². The van der Waals surface area contributed by atoms with Crippen LogP contribution in [0.1, 0.15) is 18.1 Å². The summed E-state index contributed by atoms with van der Waals surface area (Å²) < 4.78 is 5.49. The topological polar surface area (TPSA) is 30.8 Å². The van der Waals surface area contributed by atoms with Gasteiger partial charge in [0.1, 0.15) is 6.61 Å². The van der Waals surface area contributed by atoms with Crippen LogP contribution in [-0.2, 0) is 16.2 Å². The van der Waals surface area contributed by atoms with Crippen LogP contribution in [0.15, 0.2) is 65.8 Å². The SMILES string of the molecule is CCO/C(=N/OCc1ccccc1)c1ccccc1. The summed E-state index contributed by atoms with van der Waals surface area (Å²) in [6.07, 6.45) is 0. The molecule has 2 aromatic carbocycles. The average molecular weight is 255 g/mol. The van der Waals surface area contributed by atoms with Gasteiger partial charge in [-0.3, -0.25) is 0 Å². The molecule has 2 rings (SSSR count). The fraction of sp³-hybridized carbons (Fsp3) is 0.188. The van der Waals surface area contributed by atoms with Crippen molar-refractivity contribution in [1.82, 2.24) is 0 Å².